The highest BCUT2D eigenvalue weighted by Gasteiger charge is 2.21. The number of fused-ring (bicyclic) bond motifs is 1. The first-order valence-electron chi connectivity index (χ1n) is 9.36. The molecule has 0 aliphatic carbocycles. The maximum atomic E-state index is 12.4. The van der Waals surface area contributed by atoms with E-state index in [0.29, 0.717) is 25.9 Å². The number of aryl methyl sites for hydroxylation is 2. The topological polar surface area (TPSA) is 70.9 Å². The van der Waals surface area contributed by atoms with Crippen LogP contribution in [-0.2, 0) is 33.8 Å². The molecule has 0 saturated carbocycles. The van der Waals surface area contributed by atoms with E-state index in [1.165, 1.54) is 7.11 Å². The van der Waals surface area contributed by atoms with E-state index in [1.807, 2.05) is 9.58 Å². The van der Waals surface area contributed by atoms with Gasteiger partial charge in [-0.3, -0.25) is 19.2 Å². The molecule has 0 spiro atoms. The summed E-state index contributed by atoms with van der Waals surface area (Å²) in [4.78, 5) is 30.2. The van der Waals surface area contributed by atoms with Crippen LogP contribution in [0, 0.1) is 0 Å². The van der Waals surface area contributed by atoms with Crippen molar-refractivity contribution in [1.82, 2.24) is 24.5 Å². The zero-order chi connectivity index (χ0) is 18.5. The Kier molecular flexibility index (Phi) is 6.26. The molecule has 1 amide bonds. The second kappa shape index (κ2) is 8.64. The van der Waals surface area contributed by atoms with Gasteiger partial charge in [-0.2, -0.15) is 5.10 Å². The molecule has 8 heteroatoms. The number of ether oxygens (including phenoxy) is 1. The smallest absolute Gasteiger partial charge is 0.319 e. The second-order valence-electron chi connectivity index (χ2n) is 7.17. The number of carbonyl (C=O) groups is 2. The minimum absolute atomic E-state index is 0.212. The highest BCUT2D eigenvalue weighted by atomic mass is 16.5. The van der Waals surface area contributed by atoms with Gasteiger partial charge in [-0.15, -0.1) is 0 Å². The fourth-order valence-corrected chi connectivity index (χ4v) is 3.54. The lowest BCUT2D eigenvalue weighted by atomic mass is 10.2. The summed E-state index contributed by atoms with van der Waals surface area (Å²) < 4.78 is 6.79. The minimum Gasteiger partial charge on any atom is -0.468 e. The number of likely N-dealkylation sites (N-methyl/N-ethyl adjacent to an activating group) is 1. The van der Waals surface area contributed by atoms with Gasteiger partial charge in [0.25, 0.3) is 0 Å². The Morgan fingerprint density at radius 2 is 1.92 bits per heavy atom. The van der Waals surface area contributed by atoms with E-state index in [-0.39, 0.29) is 11.9 Å². The summed E-state index contributed by atoms with van der Waals surface area (Å²) in [5, 5.41) is 4.67. The molecule has 0 unspecified atom stereocenters. The third kappa shape index (κ3) is 4.82. The molecular weight excluding hydrogens is 334 g/mol. The van der Waals surface area contributed by atoms with E-state index < -0.39 is 0 Å². The molecule has 2 aliphatic rings. The Labute approximate surface area is 154 Å². The number of piperazine rings is 1. The van der Waals surface area contributed by atoms with Crippen LogP contribution in [0.5, 0.6) is 0 Å². The number of esters is 1. The first kappa shape index (κ1) is 18.8. The van der Waals surface area contributed by atoms with Gasteiger partial charge in [0.1, 0.15) is 0 Å². The highest BCUT2D eigenvalue weighted by Crippen LogP contribution is 2.15. The SMILES string of the molecule is COC(=O)CN1CCCn2nc(CCC(=O)N3CCN(C)CC3)cc2C1. The number of hydrogen-bond donors (Lipinski definition) is 0. The summed E-state index contributed by atoms with van der Waals surface area (Å²) in [7, 11) is 3.50. The van der Waals surface area contributed by atoms with Crippen LogP contribution in [0.2, 0.25) is 0 Å². The van der Waals surface area contributed by atoms with Crippen LogP contribution in [0.1, 0.15) is 24.2 Å². The fraction of sp³-hybridized carbons (Fsp3) is 0.722. The van der Waals surface area contributed by atoms with Crippen molar-refractivity contribution in [2.45, 2.75) is 32.4 Å². The van der Waals surface area contributed by atoms with Gasteiger partial charge in [-0.25, -0.2) is 0 Å². The molecule has 0 atom stereocenters. The molecule has 0 bridgehead atoms. The van der Waals surface area contributed by atoms with Gasteiger partial charge in [0, 0.05) is 58.7 Å². The second-order valence-corrected chi connectivity index (χ2v) is 7.17. The van der Waals surface area contributed by atoms with Crippen LogP contribution >= 0.6 is 0 Å². The summed E-state index contributed by atoms with van der Waals surface area (Å²) in [6, 6.07) is 2.08. The van der Waals surface area contributed by atoms with E-state index in [2.05, 4.69) is 28.0 Å². The van der Waals surface area contributed by atoms with Crippen molar-refractivity contribution >= 4 is 11.9 Å². The van der Waals surface area contributed by atoms with Gasteiger partial charge in [-0.05, 0) is 19.5 Å². The Balaban J connectivity index is 1.53. The van der Waals surface area contributed by atoms with Crippen LogP contribution in [0.25, 0.3) is 0 Å². The van der Waals surface area contributed by atoms with Crippen LogP contribution in [0.3, 0.4) is 0 Å². The first-order valence-corrected chi connectivity index (χ1v) is 9.36. The third-order valence-electron chi connectivity index (χ3n) is 5.18. The zero-order valence-corrected chi connectivity index (χ0v) is 15.8. The molecule has 1 saturated heterocycles. The molecule has 3 rings (SSSR count). The minimum atomic E-state index is -0.212. The van der Waals surface area contributed by atoms with Gasteiger partial charge < -0.3 is 14.5 Å². The number of carbonyl (C=O) groups excluding carboxylic acids is 2. The van der Waals surface area contributed by atoms with Crippen molar-refractivity contribution in [3.8, 4) is 0 Å². The lowest BCUT2D eigenvalue weighted by Gasteiger charge is -2.32. The molecule has 2 aliphatic heterocycles. The van der Waals surface area contributed by atoms with Crippen molar-refractivity contribution in [3.63, 3.8) is 0 Å². The van der Waals surface area contributed by atoms with E-state index in [4.69, 9.17) is 4.74 Å². The Morgan fingerprint density at radius 1 is 1.15 bits per heavy atom. The van der Waals surface area contributed by atoms with Gasteiger partial charge >= 0.3 is 5.97 Å². The normalized spacial score (nSPS) is 19.1. The molecule has 3 heterocycles. The molecular formula is C18H29N5O3. The number of nitrogens with zero attached hydrogens (tertiary/aromatic N) is 5. The summed E-state index contributed by atoms with van der Waals surface area (Å²) in [5.74, 6) is 0.00424. The summed E-state index contributed by atoms with van der Waals surface area (Å²) in [6.07, 6.45) is 2.12. The first-order chi connectivity index (χ1) is 12.5. The monoisotopic (exact) mass is 363 g/mol. The summed E-state index contributed by atoms with van der Waals surface area (Å²) >= 11 is 0. The van der Waals surface area contributed by atoms with Crippen molar-refractivity contribution in [3.05, 3.63) is 17.5 Å². The summed E-state index contributed by atoms with van der Waals surface area (Å²) in [6.45, 7) is 6.22. The fourth-order valence-electron chi connectivity index (χ4n) is 3.54. The predicted octanol–water partition coefficient (Wildman–Crippen LogP) is -0.0316. The molecule has 1 fully saturated rings. The lowest BCUT2D eigenvalue weighted by Crippen LogP contribution is -2.47. The molecule has 0 N–H and O–H groups in total. The number of hydrogen-bond acceptors (Lipinski definition) is 6. The Bertz CT molecular complexity index is 637. The molecule has 26 heavy (non-hydrogen) atoms. The molecule has 1 aromatic heterocycles. The van der Waals surface area contributed by atoms with Crippen LogP contribution in [0.15, 0.2) is 6.07 Å². The van der Waals surface area contributed by atoms with E-state index in [9.17, 15) is 9.59 Å². The zero-order valence-electron chi connectivity index (χ0n) is 15.8. The van der Waals surface area contributed by atoms with E-state index >= 15 is 0 Å². The van der Waals surface area contributed by atoms with Crippen molar-refractivity contribution in [1.29, 1.82) is 0 Å². The number of rotatable bonds is 5. The number of amides is 1. The van der Waals surface area contributed by atoms with Gasteiger partial charge in [-0.1, -0.05) is 0 Å². The predicted molar refractivity (Wildman–Crippen MR) is 96.5 cm³/mol. The van der Waals surface area contributed by atoms with E-state index in [0.717, 1.165) is 57.1 Å². The van der Waals surface area contributed by atoms with Crippen LogP contribution in [-0.4, -0.2) is 89.8 Å². The highest BCUT2D eigenvalue weighted by molar-refractivity contribution is 5.76. The average molecular weight is 363 g/mol. The van der Waals surface area contributed by atoms with Crippen LogP contribution < -0.4 is 0 Å². The van der Waals surface area contributed by atoms with E-state index in [1.54, 1.807) is 0 Å². The maximum Gasteiger partial charge on any atom is 0.319 e. The summed E-state index contributed by atoms with van der Waals surface area (Å²) in [5.41, 5.74) is 2.07. The molecule has 8 nitrogen and oxygen atoms in total. The number of methoxy groups -OCH3 is 1. The van der Waals surface area contributed by atoms with Crippen molar-refractivity contribution < 1.29 is 14.3 Å². The van der Waals surface area contributed by atoms with Crippen LogP contribution in [0.4, 0.5) is 0 Å². The molecule has 144 valence electrons. The largest absolute Gasteiger partial charge is 0.468 e. The maximum absolute atomic E-state index is 12.4. The van der Waals surface area contributed by atoms with Crippen molar-refractivity contribution in [2.75, 3.05) is 53.4 Å². The number of aromatic nitrogens is 2. The standard InChI is InChI=1S/C18H29N5O3/c1-20-8-10-22(11-9-20)17(24)5-4-15-12-16-13-21(14-18(25)26-2)6-3-7-23(16)19-15/h12H,3-11,13-14H2,1-2H3. The molecule has 0 aromatic carbocycles. The molecule has 0 radical (unpaired) electrons. The quantitative estimate of drug-likeness (QED) is 0.684. The van der Waals surface area contributed by atoms with Gasteiger partial charge in [0.15, 0.2) is 0 Å². The van der Waals surface area contributed by atoms with Gasteiger partial charge in [0.05, 0.1) is 25.0 Å². The molecule has 1 aromatic rings. The average Bonchev–Trinajstić information content (AvgIpc) is 2.92. The third-order valence-corrected chi connectivity index (χ3v) is 5.18. The Morgan fingerprint density at radius 3 is 2.65 bits per heavy atom. The Hall–Kier alpha value is -1.93. The lowest BCUT2D eigenvalue weighted by molar-refractivity contribution is -0.142. The van der Waals surface area contributed by atoms with Crippen molar-refractivity contribution in [2.24, 2.45) is 0 Å². The van der Waals surface area contributed by atoms with Gasteiger partial charge in [0.2, 0.25) is 5.91 Å².